The van der Waals surface area contributed by atoms with Crippen LogP contribution in [-0.2, 0) is 0 Å². The van der Waals surface area contributed by atoms with Crippen LogP contribution in [0.3, 0.4) is 0 Å². The Morgan fingerprint density at radius 2 is 1.78 bits per heavy atom. The van der Waals surface area contributed by atoms with Gasteiger partial charge in [0.15, 0.2) is 5.13 Å². The number of hydrogen-bond donors (Lipinski definition) is 0. The Hall–Kier alpha value is -1.88. The van der Waals surface area contributed by atoms with Gasteiger partial charge in [-0.15, -0.1) is 11.3 Å². The molecule has 0 atom stereocenters. The molecule has 1 amide bonds. The maximum atomic E-state index is 13.0. The van der Waals surface area contributed by atoms with Crippen LogP contribution in [0.15, 0.2) is 29.6 Å². The zero-order valence-corrected chi connectivity index (χ0v) is 17.0. The molecule has 1 aliphatic heterocycles. The quantitative estimate of drug-likeness (QED) is 0.760. The van der Waals surface area contributed by atoms with Gasteiger partial charge < -0.3 is 9.80 Å². The zero-order chi connectivity index (χ0) is 18.6. The number of carbonyl (C=O) groups is 1. The molecule has 1 saturated heterocycles. The number of anilines is 1. The van der Waals surface area contributed by atoms with E-state index < -0.39 is 0 Å². The predicted molar refractivity (Wildman–Crippen MR) is 112 cm³/mol. The van der Waals surface area contributed by atoms with Crippen LogP contribution in [0.5, 0.6) is 0 Å². The van der Waals surface area contributed by atoms with E-state index in [2.05, 4.69) is 27.4 Å². The normalized spacial score (nSPS) is 19.1. The highest BCUT2D eigenvalue weighted by atomic mass is 32.1. The summed E-state index contributed by atoms with van der Waals surface area (Å²) in [5.41, 5.74) is 3.31. The third kappa shape index (κ3) is 4.34. The number of rotatable bonds is 3. The van der Waals surface area contributed by atoms with Crippen molar-refractivity contribution in [2.45, 2.75) is 51.4 Å². The third-order valence-corrected chi connectivity index (χ3v) is 6.91. The molecule has 1 saturated carbocycles. The van der Waals surface area contributed by atoms with Crippen molar-refractivity contribution < 1.29 is 4.79 Å². The molecule has 4 nitrogen and oxygen atoms in total. The summed E-state index contributed by atoms with van der Waals surface area (Å²) in [6.07, 6.45) is 7.64. The fourth-order valence-electron chi connectivity index (χ4n) is 4.31. The van der Waals surface area contributed by atoms with Crippen molar-refractivity contribution in [3.63, 3.8) is 0 Å². The van der Waals surface area contributed by atoms with E-state index in [1.165, 1.54) is 37.7 Å². The highest BCUT2D eigenvalue weighted by molar-refractivity contribution is 7.13. The van der Waals surface area contributed by atoms with Crippen molar-refractivity contribution in [2.75, 3.05) is 31.1 Å². The highest BCUT2D eigenvalue weighted by Gasteiger charge is 2.22. The second kappa shape index (κ2) is 8.42. The SMILES string of the molecule is Cc1csc(N2CCCN(C(=O)c3ccc(C4CCCCC4)cc3)CC2)n1. The van der Waals surface area contributed by atoms with Gasteiger partial charge in [0.05, 0.1) is 5.69 Å². The van der Waals surface area contributed by atoms with Gasteiger partial charge >= 0.3 is 0 Å². The van der Waals surface area contributed by atoms with E-state index in [1.54, 1.807) is 11.3 Å². The molecule has 144 valence electrons. The molecule has 1 aromatic carbocycles. The van der Waals surface area contributed by atoms with Crippen molar-refractivity contribution in [3.05, 3.63) is 46.5 Å². The summed E-state index contributed by atoms with van der Waals surface area (Å²) in [7, 11) is 0. The first-order valence-corrected chi connectivity index (χ1v) is 11.1. The lowest BCUT2D eigenvalue weighted by Crippen LogP contribution is -2.35. The number of carbonyl (C=O) groups excluding carboxylic acids is 1. The lowest BCUT2D eigenvalue weighted by atomic mass is 9.84. The second-order valence-electron chi connectivity index (χ2n) is 7.86. The molecule has 0 spiro atoms. The minimum Gasteiger partial charge on any atom is -0.346 e. The largest absolute Gasteiger partial charge is 0.346 e. The monoisotopic (exact) mass is 383 g/mol. The molecule has 0 unspecified atom stereocenters. The number of aromatic nitrogens is 1. The van der Waals surface area contributed by atoms with Crippen LogP contribution in [0.4, 0.5) is 5.13 Å². The fraction of sp³-hybridized carbons (Fsp3) is 0.545. The molecule has 27 heavy (non-hydrogen) atoms. The Balaban J connectivity index is 1.38. The van der Waals surface area contributed by atoms with Gasteiger partial charge in [-0.2, -0.15) is 0 Å². The van der Waals surface area contributed by atoms with Gasteiger partial charge in [-0.25, -0.2) is 4.98 Å². The highest BCUT2D eigenvalue weighted by Crippen LogP contribution is 2.32. The van der Waals surface area contributed by atoms with Gasteiger partial charge in [-0.05, 0) is 49.8 Å². The minimum absolute atomic E-state index is 0.169. The maximum Gasteiger partial charge on any atom is 0.253 e. The number of nitrogens with zero attached hydrogens (tertiary/aromatic N) is 3. The fourth-order valence-corrected chi connectivity index (χ4v) is 5.17. The molecule has 1 aromatic heterocycles. The lowest BCUT2D eigenvalue weighted by Gasteiger charge is -2.23. The number of benzene rings is 1. The average Bonchev–Trinajstić information content (AvgIpc) is 3.00. The van der Waals surface area contributed by atoms with E-state index in [-0.39, 0.29) is 5.91 Å². The van der Waals surface area contributed by atoms with Crippen molar-refractivity contribution in [2.24, 2.45) is 0 Å². The van der Waals surface area contributed by atoms with E-state index in [0.717, 1.165) is 49.0 Å². The van der Waals surface area contributed by atoms with Gasteiger partial charge in [-0.1, -0.05) is 31.4 Å². The summed E-state index contributed by atoms with van der Waals surface area (Å²) in [6, 6.07) is 8.45. The molecule has 0 bridgehead atoms. The van der Waals surface area contributed by atoms with E-state index in [4.69, 9.17) is 0 Å². The number of amides is 1. The standard InChI is InChI=1S/C22H29N3OS/c1-17-16-27-22(23-17)25-13-5-12-24(14-15-25)21(26)20-10-8-19(9-11-20)18-6-3-2-4-7-18/h8-11,16,18H,2-7,12-15H2,1H3. The van der Waals surface area contributed by atoms with Crippen LogP contribution in [0.25, 0.3) is 0 Å². The molecular formula is C22H29N3OS. The summed E-state index contributed by atoms with van der Waals surface area (Å²) in [6.45, 7) is 5.45. The van der Waals surface area contributed by atoms with Gasteiger partial charge in [-0.3, -0.25) is 4.79 Å². The van der Waals surface area contributed by atoms with E-state index in [0.29, 0.717) is 5.92 Å². The Kier molecular flexibility index (Phi) is 5.77. The van der Waals surface area contributed by atoms with Crippen LogP contribution in [-0.4, -0.2) is 42.0 Å². The maximum absolute atomic E-state index is 13.0. The van der Waals surface area contributed by atoms with E-state index in [1.807, 2.05) is 24.0 Å². The lowest BCUT2D eigenvalue weighted by molar-refractivity contribution is 0.0767. The van der Waals surface area contributed by atoms with Crippen molar-refractivity contribution in [1.29, 1.82) is 0 Å². The summed E-state index contributed by atoms with van der Waals surface area (Å²) in [5, 5.41) is 3.18. The molecule has 0 radical (unpaired) electrons. The molecule has 5 heteroatoms. The first-order valence-electron chi connectivity index (χ1n) is 10.3. The molecule has 0 N–H and O–H groups in total. The Labute approximate surface area is 166 Å². The van der Waals surface area contributed by atoms with Crippen molar-refractivity contribution in [1.82, 2.24) is 9.88 Å². The predicted octanol–water partition coefficient (Wildman–Crippen LogP) is 4.85. The Bertz CT molecular complexity index is 764. The topological polar surface area (TPSA) is 36.4 Å². The van der Waals surface area contributed by atoms with E-state index >= 15 is 0 Å². The van der Waals surface area contributed by atoms with Gasteiger partial charge in [0.25, 0.3) is 5.91 Å². The summed E-state index contributed by atoms with van der Waals surface area (Å²) >= 11 is 1.70. The van der Waals surface area contributed by atoms with E-state index in [9.17, 15) is 4.79 Å². The molecule has 2 heterocycles. The van der Waals surface area contributed by atoms with Gasteiger partial charge in [0, 0.05) is 37.1 Å². The van der Waals surface area contributed by atoms with Crippen molar-refractivity contribution >= 4 is 22.4 Å². The first-order chi connectivity index (χ1) is 13.2. The first kappa shape index (κ1) is 18.5. The van der Waals surface area contributed by atoms with Gasteiger partial charge in [0.2, 0.25) is 0 Å². The summed E-state index contributed by atoms with van der Waals surface area (Å²) < 4.78 is 0. The zero-order valence-electron chi connectivity index (χ0n) is 16.2. The van der Waals surface area contributed by atoms with Crippen LogP contribution in [0.2, 0.25) is 0 Å². The molecule has 1 aliphatic carbocycles. The van der Waals surface area contributed by atoms with Crippen molar-refractivity contribution in [3.8, 4) is 0 Å². The number of hydrogen-bond acceptors (Lipinski definition) is 4. The Morgan fingerprint density at radius 1 is 1.00 bits per heavy atom. The molecule has 4 rings (SSSR count). The molecule has 2 aliphatic rings. The van der Waals surface area contributed by atoms with Gasteiger partial charge in [0.1, 0.15) is 0 Å². The molecule has 2 fully saturated rings. The van der Waals surface area contributed by atoms with Crippen LogP contribution in [0, 0.1) is 6.92 Å². The van der Waals surface area contributed by atoms with Crippen LogP contribution >= 0.6 is 11.3 Å². The van der Waals surface area contributed by atoms with Crippen LogP contribution in [0.1, 0.15) is 66.1 Å². The smallest absolute Gasteiger partial charge is 0.253 e. The second-order valence-corrected chi connectivity index (χ2v) is 8.70. The average molecular weight is 384 g/mol. The minimum atomic E-state index is 0.169. The summed E-state index contributed by atoms with van der Waals surface area (Å²) in [4.78, 5) is 21.9. The summed E-state index contributed by atoms with van der Waals surface area (Å²) in [5.74, 6) is 0.860. The Morgan fingerprint density at radius 3 is 2.48 bits per heavy atom. The third-order valence-electron chi connectivity index (χ3n) is 5.89. The molecular weight excluding hydrogens is 354 g/mol. The number of aryl methyl sites for hydroxylation is 1. The number of thiazole rings is 1. The van der Waals surface area contributed by atoms with Crippen LogP contribution < -0.4 is 4.90 Å². The molecule has 2 aromatic rings.